The van der Waals surface area contributed by atoms with Crippen molar-refractivity contribution in [1.29, 1.82) is 0 Å². The number of likely N-dealkylation sites (tertiary alicyclic amines) is 1. The topological polar surface area (TPSA) is 71.5 Å². The molecule has 146 valence electrons. The molecule has 0 spiro atoms. The zero-order chi connectivity index (χ0) is 19.5. The van der Waals surface area contributed by atoms with Crippen LogP contribution in [0.25, 0.3) is 0 Å². The van der Waals surface area contributed by atoms with Gasteiger partial charge in [0, 0.05) is 32.1 Å². The van der Waals surface area contributed by atoms with E-state index >= 15 is 0 Å². The summed E-state index contributed by atoms with van der Waals surface area (Å²) in [6, 6.07) is 11.8. The van der Waals surface area contributed by atoms with Gasteiger partial charge in [-0.05, 0) is 30.5 Å². The van der Waals surface area contributed by atoms with Crippen LogP contribution in [0.4, 0.5) is 0 Å². The number of hydrogen-bond acceptors (Lipinski definition) is 4. The number of pyridine rings is 1. The van der Waals surface area contributed by atoms with E-state index in [0.29, 0.717) is 26.1 Å². The van der Waals surface area contributed by atoms with Gasteiger partial charge < -0.3 is 15.0 Å². The largest absolute Gasteiger partial charge is 0.375 e. The number of aromatic nitrogens is 1. The molecule has 0 saturated carbocycles. The number of hydrogen-bond donors (Lipinski definition) is 1. The molecule has 1 aromatic heterocycles. The van der Waals surface area contributed by atoms with Gasteiger partial charge in [0.05, 0.1) is 24.5 Å². The summed E-state index contributed by atoms with van der Waals surface area (Å²) >= 11 is 0. The molecule has 0 radical (unpaired) electrons. The van der Waals surface area contributed by atoms with E-state index in [1.54, 1.807) is 12.4 Å². The fourth-order valence-corrected chi connectivity index (χ4v) is 4.09. The van der Waals surface area contributed by atoms with Gasteiger partial charge in [-0.2, -0.15) is 0 Å². The zero-order valence-corrected chi connectivity index (χ0v) is 16.0. The van der Waals surface area contributed by atoms with Gasteiger partial charge >= 0.3 is 0 Å². The summed E-state index contributed by atoms with van der Waals surface area (Å²) in [6.45, 7) is 3.47. The van der Waals surface area contributed by atoms with E-state index in [-0.39, 0.29) is 29.9 Å². The third kappa shape index (κ3) is 3.92. The van der Waals surface area contributed by atoms with Crippen LogP contribution in [-0.4, -0.2) is 47.0 Å². The molecule has 6 heteroatoms. The Hall–Kier alpha value is -2.73. The molecule has 4 rings (SSSR count). The van der Waals surface area contributed by atoms with Crippen LogP contribution < -0.4 is 5.32 Å². The number of carbonyl (C=O) groups is 2. The van der Waals surface area contributed by atoms with Crippen molar-refractivity contribution < 1.29 is 14.3 Å². The number of aryl methyl sites for hydroxylation is 1. The molecule has 2 amide bonds. The maximum atomic E-state index is 12.9. The third-order valence-electron chi connectivity index (χ3n) is 5.62. The van der Waals surface area contributed by atoms with Gasteiger partial charge in [0.2, 0.25) is 11.8 Å². The van der Waals surface area contributed by atoms with Crippen LogP contribution in [0.5, 0.6) is 0 Å². The highest BCUT2D eigenvalue weighted by Crippen LogP contribution is 2.34. The van der Waals surface area contributed by atoms with E-state index in [2.05, 4.69) is 10.3 Å². The normalized spacial score (nSPS) is 23.5. The average molecular weight is 379 g/mol. The maximum absolute atomic E-state index is 12.9. The molecule has 1 aromatic carbocycles. The van der Waals surface area contributed by atoms with Crippen LogP contribution in [-0.2, 0) is 27.3 Å². The summed E-state index contributed by atoms with van der Waals surface area (Å²) in [4.78, 5) is 31.6. The first-order valence-electron chi connectivity index (χ1n) is 9.75. The number of fused-ring (bicyclic) bond motifs is 1. The Morgan fingerprint density at radius 3 is 2.79 bits per heavy atom. The Balaban J connectivity index is 1.40. The fourth-order valence-electron chi connectivity index (χ4n) is 4.09. The molecule has 3 atom stereocenters. The Morgan fingerprint density at radius 2 is 2.04 bits per heavy atom. The molecule has 2 aliphatic heterocycles. The van der Waals surface area contributed by atoms with E-state index < -0.39 is 0 Å². The number of nitrogens with zero attached hydrogens (tertiary/aromatic N) is 2. The quantitative estimate of drug-likeness (QED) is 0.861. The van der Waals surface area contributed by atoms with Gasteiger partial charge in [0.1, 0.15) is 0 Å². The second-order valence-corrected chi connectivity index (χ2v) is 7.59. The molecule has 28 heavy (non-hydrogen) atoms. The molecule has 2 saturated heterocycles. The van der Waals surface area contributed by atoms with Crippen LogP contribution in [0, 0.1) is 12.8 Å². The summed E-state index contributed by atoms with van der Waals surface area (Å²) in [6.07, 6.45) is 4.37. The second kappa shape index (κ2) is 8.10. The molecule has 3 unspecified atom stereocenters. The van der Waals surface area contributed by atoms with Crippen molar-refractivity contribution in [1.82, 2.24) is 15.2 Å². The van der Waals surface area contributed by atoms with Crippen molar-refractivity contribution in [2.24, 2.45) is 5.92 Å². The molecule has 2 fully saturated rings. The predicted octanol–water partition coefficient (Wildman–Crippen LogP) is 1.86. The van der Waals surface area contributed by atoms with E-state index in [1.807, 2.05) is 48.2 Å². The summed E-state index contributed by atoms with van der Waals surface area (Å²) in [5.74, 6) is -0.329. The smallest absolute Gasteiger partial charge is 0.227 e. The van der Waals surface area contributed by atoms with Crippen LogP contribution >= 0.6 is 0 Å². The minimum Gasteiger partial charge on any atom is -0.375 e. The fraction of sp³-hybridized carbons (Fsp3) is 0.409. The number of amides is 2. The Labute approximate surface area is 164 Å². The highest BCUT2D eigenvalue weighted by Gasteiger charge is 2.50. The molecule has 0 aliphatic carbocycles. The molecule has 2 aliphatic rings. The monoisotopic (exact) mass is 379 g/mol. The van der Waals surface area contributed by atoms with Crippen molar-refractivity contribution in [3.63, 3.8) is 0 Å². The van der Waals surface area contributed by atoms with Crippen molar-refractivity contribution in [3.05, 3.63) is 65.5 Å². The third-order valence-corrected chi connectivity index (χ3v) is 5.62. The first kappa shape index (κ1) is 18.6. The lowest BCUT2D eigenvalue weighted by Gasteiger charge is -2.22. The average Bonchev–Trinajstić information content (AvgIpc) is 3.31. The molecule has 1 N–H and O–H groups in total. The lowest BCUT2D eigenvalue weighted by Crippen LogP contribution is -2.38. The Bertz CT molecular complexity index is 838. The summed E-state index contributed by atoms with van der Waals surface area (Å²) < 4.78 is 5.84. The standard InChI is InChI=1S/C22H25N3O3/c1-15-4-6-16(7-5-15)11-20(26)25-14-18(21-19(25)8-10-28-21)22(27)24-13-17-3-2-9-23-12-17/h2-7,9,12,18-19,21H,8,10-11,13-14H2,1H3,(H,24,27). The summed E-state index contributed by atoms with van der Waals surface area (Å²) in [5.41, 5.74) is 3.12. The lowest BCUT2D eigenvalue weighted by molar-refractivity contribution is -0.131. The van der Waals surface area contributed by atoms with Crippen molar-refractivity contribution in [2.75, 3.05) is 13.2 Å². The number of rotatable bonds is 5. The van der Waals surface area contributed by atoms with Gasteiger partial charge in [-0.25, -0.2) is 0 Å². The van der Waals surface area contributed by atoms with Gasteiger partial charge in [-0.1, -0.05) is 35.9 Å². The molecular formula is C22H25N3O3. The highest BCUT2D eigenvalue weighted by molar-refractivity contribution is 5.84. The minimum absolute atomic E-state index is 0.00732. The molecule has 3 heterocycles. The number of carbonyl (C=O) groups excluding carboxylic acids is 2. The molecule has 2 aromatic rings. The van der Waals surface area contributed by atoms with Crippen LogP contribution in [0.1, 0.15) is 23.1 Å². The van der Waals surface area contributed by atoms with Crippen molar-refractivity contribution in [2.45, 2.75) is 38.5 Å². The van der Waals surface area contributed by atoms with E-state index in [0.717, 1.165) is 17.5 Å². The van der Waals surface area contributed by atoms with Crippen molar-refractivity contribution in [3.8, 4) is 0 Å². The van der Waals surface area contributed by atoms with Crippen LogP contribution in [0.15, 0.2) is 48.8 Å². The first-order valence-corrected chi connectivity index (χ1v) is 9.75. The van der Waals surface area contributed by atoms with Crippen LogP contribution in [0.2, 0.25) is 0 Å². The van der Waals surface area contributed by atoms with Gasteiger partial charge in [0.25, 0.3) is 0 Å². The second-order valence-electron chi connectivity index (χ2n) is 7.59. The van der Waals surface area contributed by atoms with Gasteiger partial charge in [0.15, 0.2) is 0 Å². The predicted molar refractivity (Wildman–Crippen MR) is 104 cm³/mol. The summed E-state index contributed by atoms with van der Waals surface area (Å²) in [7, 11) is 0. The maximum Gasteiger partial charge on any atom is 0.227 e. The van der Waals surface area contributed by atoms with Gasteiger partial charge in [-0.15, -0.1) is 0 Å². The molecule has 6 nitrogen and oxygen atoms in total. The minimum atomic E-state index is -0.328. The SMILES string of the molecule is Cc1ccc(CC(=O)N2CC(C(=O)NCc3cccnc3)C3OCCC32)cc1. The number of benzene rings is 1. The highest BCUT2D eigenvalue weighted by atomic mass is 16.5. The zero-order valence-electron chi connectivity index (χ0n) is 16.0. The Morgan fingerprint density at radius 1 is 1.21 bits per heavy atom. The van der Waals surface area contributed by atoms with Crippen molar-refractivity contribution >= 4 is 11.8 Å². The summed E-state index contributed by atoms with van der Waals surface area (Å²) in [5, 5.41) is 2.97. The van der Waals surface area contributed by atoms with Gasteiger partial charge in [-0.3, -0.25) is 14.6 Å². The Kier molecular flexibility index (Phi) is 5.39. The van der Waals surface area contributed by atoms with Crippen LogP contribution in [0.3, 0.4) is 0 Å². The lowest BCUT2D eigenvalue weighted by atomic mass is 10.0. The first-order chi connectivity index (χ1) is 13.6. The number of nitrogens with one attached hydrogen (secondary N) is 1. The van der Waals surface area contributed by atoms with E-state index in [1.165, 1.54) is 5.56 Å². The molecule has 0 bridgehead atoms. The molecular weight excluding hydrogens is 354 g/mol. The van der Waals surface area contributed by atoms with E-state index in [4.69, 9.17) is 4.74 Å². The number of ether oxygens (including phenoxy) is 1. The van der Waals surface area contributed by atoms with E-state index in [9.17, 15) is 9.59 Å².